The molecule has 120 valence electrons. The van der Waals surface area contributed by atoms with Crippen LogP contribution in [0.5, 0.6) is 0 Å². The van der Waals surface area contributed by atoms with Crippen LogP contribution in [-0.4, -0.2) is 39.0 Å². The van der Waals surface area contributed by atoms with Crippen LogP contribution in [0.3, 0.4) is 0 Å². The minimum Gasteiger partial charge on any atom is -0.398 e. The van der Waals surface area contributed by atoms with Crippen LogP contribution in [0.25, 0.3) is 0 Å². The second kappa shape index (κ2) is 7.24. The third kappa shape index (κ3) is 4.69. The summed E-state index contributed by atoms with van der Waals surface area (Å²) in [4.78, 5) is 2.34. The van der Waals surface area contributed by atoms with Crippen LogP contribution in [0.1, 0.15) is 31.9 Å². The van der Waals surface area contributed by atoms with Crippen molar-refractivity contribution in [1.29, 1.82) is 0 Å². The first-order chi connectivity index (χ1) is 9.71. The summed E-state index contributed by atoms with van der Waals surface area (Å²) in [5.74, 6) is 0. The van der Waals surface area contributed by atoms with E-state index in [0.717, 1.165) is 24.2 Å². The molecule has 0 spiro atoms. The fourth-order valence-electron chi connectivity index (χ4n) is 2.28. The van der Waals surface area contributed by atoms with E-state index < -0.39 is 10.0 Å². The fraction of sp³-hybridized carbons (Fsp3) is 0.600. The Morgan fingerprint density at radius 1 is 1.19 bits per heavy atom. The van der Waals surface area contributed by atoms with Gasteiger partial charge in [0.05, 0.1) is 5.69 Å². The lowest BCUT2D eigenvalue weighted by atomic mass is 10.1. The van der Waals surface area contributed by atoms with Gasteiger partial charge in [-0.1, -0.05) is 13.8 Å². The van der Waals surface area contributed by atoms with Crippen molar-refractivity contribution >= 4 is 15.7 Å². The molecule has 0 saturated heterocycles. The molecule has 1 rings (SSSR count). The molecule has 1 unspecified atom stereocenters. The smallest absolute Gasteiger partial charge is 0.242 e. The number of nitrogen functional groups attached to an aromatic ring is 1. The molecule has 0 aromatic heterocycles. The molecule has 0 aliphatic carbocycles. The molecule has 3 N–H and O–H groups in total. The number of nitrogens with zero attached hydrogens (tertiary/aromatic N) is 1. The van der Waals surface area contributed by atoms with Crippen LogP contribution < -0.4 is 10.5 Å². The van der Waals surface area contributed by atoms with Crippen LogP contribution in [0, 0.1) is 13.8 Å². The van der Waals surface area contributed by atoms with E-state index in [1.165, 1.54) is 0 Å². The molecule has 6 heteroatoms. The summed E-state index contributed by atoms with van der Waals surface area (Å²) < 4.78 is 27.7. The summed E-state index contributed by atoms with van der Waals surface area (Å²) in [6.45, 7) is 12.3. The van der Waals surface area contributed by atoms with E-state index in [4.69, 9.17) is 5.73 Å². The number of rotatable bonds is 7. The molecule has 1 aromatic rings. The average molecular weight is 313 g/mol. The summed E-state index contributed by atoms with van der Waals surface area (Å²) >= 11 is 0. The number of hydrogen-bond donors (Lipinski definition) is 2. The predicted octanol–water partition coefficient (Wildman–Crippen LogP) is 1.89. The maximum atomic E-state index is 12.5. The van der Waals surface area contributed by atoms with E-state index in [0.29, 0.717) is 12.2 Å². The van der Waals surface area contributed by atoms with Gasteiger partial charge in [0.15, 0.2) is 0 Å². The first kappa shape index (κ1) is 17.9. The fourth-order valence-corrected chi connectivity index (χ4v) is 3.71. The lowest BCUT2D eigenvalue weighted by Crippen LogP contribution is -2.42. The Labute approximate surface area is 128 Å². The minimum absolute atomic E-state index is 0.164. The highest BCUT2D eigenvalue weighted by molar-refractivity contribution is 7.89. The van der Waals surface area contributed by atoms with Gasteiger partial charge < -0.3 is 10.6 Å². The van der Waals surface area contributed by atoms with E-state index >= 15 is 0 Å². The van der Waals surface area contributed by atoms with E-state index in [1.807, 2.05) is 20.8 Å². The van der Waals surface area contributed by atoms with Gasteiger partial charge in [-0.25, -0.2) is 13.1 Å². The van der Waals surface area contributed by atoms with Crippen LogP contribution >= 0.6 is 0 Å². The van der Waals surface area contributed by atoms with Gasteiger partial charge in [0.1, 0.15) is 4.90 Å². The van der Waals surface area contributed by atoms with E-state index in [1.54, 1.807) is 12.1 Å². The van der Waals surface area contributed by atoms with Gasteiger partial charge in [-0.15, -0.1) is 0 Å². The molecular weight excluding hydrogens is 286 g/mol. The molecule has 0 fully saturated rings. The molecule has 0 aliphatic rings. The van der Waals surface area contributed by atoms with Crippen molar-refractivity contribution in [3.63, 3.8) is 0 Å². The average Bonchev–Trinajstić information content (AvgIpc) is 2.39. The molecule has 0 bridgehead atoms. The Morgan fingerprint density at radius 2 is 1.71 bits per heavy atom. The number of sulfonamides is 1. The molecule has 1 aromatic carbocycles. The van der Waals surface area contributed by atoms with Crippen molar-refractivity contribution in [1.82, 2.24) is 9.62 Å². The standard InChI is InChI=1S/C15H27N3O2S/c1-6-18(7-2)10-13(5)17-21(19,20)15-9-12(4)11(3)8-14(15)16/h8-9,13,17H,6-7,10,16H2,1-5H3. The van der Waals surface area contributed by atoms with Gasteiger partial charge in [0.2, 0.25) is 10.0 Å². The number of anilines is 1. The van der Waals surface area contributed by atoms with Crippen molar-refractivity contribution in [2.45, 2.75) is 45.6 Å². The van der Waals surface area contributed by atoms with Gasteiger partial charge in [0.25, 0.3) is 0 Å². The van der Waals surface area contributed by atoms with Gasteiger partial charge >= 0.3 is 0 Å². The second-order valence-corrected chi connectivity index (χ2v) is 7.16. The molecule has 0 heterocycles. The van der Waals surface area contributed by atoms with Gasteiger partial charge in [0, 0.05) is 12.6 Å². The van der Waals surface area contributed by atoms with E-state index in [-0.39, 0.29) is 10.9 Å². The van der Waals surface area contributed by atoms with Crippen molar-refractivity contribution < 1.29 is 8.42 Å². The molecular formula is C15H27N3O2S. The number of hydrogen-bond acceptors (Lipinski definition) is 4. The Bertz CT molecular complexity index is 581. The summed E-state index contributed by atoms with van der Waals surface area (Å²) in [6.07, 6.45) is 0. The largest absolute Gasteiger partial charge is 0.398 e. The monoisotopic (exact) mass is 313 g/mol. The lowest BCUT2D eigenvalue weighted by Gasteiger charge is -2.23. The van der Waals surface area contributed by atoms with Crippen molar-refractivity contribution in [3.05, 3.63) is 23.3 Å². The highest BCUT2D eigenvalue weighted by Gasteiger charge is 2.21. The summed E-state index contributed by atoms with van der Waals surface area (Å²) in [6, 6.07) is 3.17. The van der Waals surface area contributed by atoms with E-state index in [2.05, 4.69) is 23.5 Å². The molecule has 0 radical (unpaired) electrons. The highest BCUT2D eigenvalue weighted by atomic mass is 32.2. The topological polar surface area (TPSA) is 75.4 Å². The number of nitrogens with two attached hydrogens (primary N) is 1. The van der Waals surface area contributed by atoms with Crippen LogP contribution in [0.2, 0.25) is 0 Å². The molecule has 21 heavy (non-hydrogen) atoms. The van der Waals surface area contributed by atoms with Crippen molar-refractivity contribution in [2.24, 2.45) is 0 Å². The van der Waals surface area contributed by atoms with Crippen LogP contribution in [0.15, 0.2) is 17.0 Å². The number of aryl methyl sites for hydroxylation is 2. The molecule has 5 nitrogen and oxygen atoms in total. The van der Waals surface area contributed by atoms with Crippen molar-refractivity contribution in [3.8, 4) is 0 Å². The normalized spacial score (nSPS) is 13.6. The number of likely N-dealkylation sites (N-methyl/N-ethyl adjacent to an activating group) is 1. The zero-order valence-corrected chi connectivity index (χ0v) is 14.4. The summed E-state index contributed by atoms with van der Waals surface area (Å²) in [5, 5.41) is 0. The van der Waals surface area contributed by atoms with Crippen LogP contribution in [0.4, 0.5) is 5.69 Å². The Kier molecular flexibility index (Phi) is 6.19. The Balaban J connectivity index is 2.94. The molecule has 0 aliphatic heterocycles. The van der Waals surface area contributed by atoms with Gasteiger partial charge in [-0.3, -0.25) is 0 Å². The molecule has 0 amide bonds. The second-order valence-electron chi connectivity index (χ2n) is 5.48. The molecule has 0 saturated carbocycles. The third-order valence-electron chi connectivity index (χ3n) is 3.70. The summed E-state index contributed by atoms with van der Waals surface area (Å²) in [5.41, 5.74) is 8.07. The first-order valence-electron chi connectivity index (χ1n) is 7.32. The van der Waals surface area contributed by atoms with Crippen LogP contribution in [-0.2, 0) is 10.0 Å². The predicted molar refractivity (Wildman–Crippen MR) is 87.9 cm³/mol. The zero-order chi connectivity index (χ0) is 16.2. The Hall–Kier alpha value is -1.11. The Morgan fingerprint density at radius 3 is 2.24 bits per heavy atom. The minimum atomic E-state index is -3.59. The summed E-state index contributed by atoms with van der Waals surface area (Å²) in [7, 11) is -3.59. The zero-order valence-electron chi connectivity index (χ0n) is 13.6. The van der Waals surface area contributed by atoms with Crippen molar-refractivity contribution in [2.75, 3.05) is 25.4 Å². The third-order valence-corrected chi connectivity index (χ3v) is 5.34. The number of benzene rings is 1. The lowest BCUT2D eigenvalue weighted by molar-refractivity contribution is 0.282. The highest BCUT2D eigenvalue weighted by Crippen LogP contribution is 2.22. The van der Waals surface area contributed by atoms with E-state index in [9.17, 15) is 8.42 Å². The molecule has 1 atom stereocenters. The SMILES string of the molecule is CCN(CC)CC(C)NS(=O)(=O)c1cc(C)c(C)cc1N. The van der Waals surface area contributed by atoms with Gasteiger partial charge in [-0.05, 0) is 57.1 Å². The first-order valence-corrected chi connectivity index (χ1v) is 8.81. The quantitative estimate of drug-likeness (QED) is 0.754. The number of nitrogens with one attached hydrogen (secondary N) is 1. The maximum absolute atomic E-state index is 12.5. The van der Waals surface area contributed by atoms with Gasteiger partial charge in [-0.2, -0.15) is 0 Å². The maximum Gasteiger partial charge on any atom is 0.242 e.